The smallest absolute Gasteiger partial charge is 0.168 e. The SMILES string of the molecule is C.C.Cn1nc2c(-c3ccc(Cl)cc3Cl)cccc2c1C=O.Cn1nc2c(-c3ccc(Cl)cc3Cl)cccc2c1CC=O. The predicted molar refractivity (Wildman–Crippen MR) is 181 cm³/mol. The van der Waals surface area contributed by atoms with Crippen LogP contribution >= 0.6 is 46.4 Å². The quantitative estimate of drug-likeness (QED) is 0.173. The molecule has 0 radical (unpaired) electrons. The molecule has 0 spiro atoms. The summed E-state index contributed by atoms with van der Waals surface area (Å²) in [4.78, 5) is 22.0. The standard InChI is InChI=1S/C16H12Cl2N2O.C15H10Cl2N2O.2CH4/c1-20-15(7-8-21)13-4-2-3-12(16(13)19-20)11-6-5-10(17)9-14(11)18;1-19-14(8-20)12-4-2-3-11(15(12)18-19)10-6-5-9(16)7-13(10)17;;/h2-6,8-9H,7H2,1H3;2-8H,1H3;2*1H4. The highest BCUT2D eigenvalue weighted by Gasteiger charge is 2.16. The largest absolute Gasteiger partial charge is 0.303 e. The third kappa shape index (κ3) is 6.63. The number of hydrogen-bond donors (Lipinski definition) is 0. The van der Waals surface area contributed by atoms with Crippen molar-refractivity contribution < 1.29 is 9.59 Å². The van der Waals surface area contributed by atoms with Gasteiger partial charge in [0.05, 0.1) is 5.69 Å². The van der Waals surface area contributed by atoms with Crippen LogP contribution in [0.1, 0.15) is 31.0 Å². The normalized spacial score (nSPS) is 10.5. The van der Waals surface area contributed by atoms with E-state index in [-0.39, 0.29) is 14.9 Å². The molecule has 0 fully saturated rings. The van der Waals surface area contributed by atoms with Crippen molar-refractivity contribution in [1.29, 1.82) is 0 Å². The van der Waals surface area contributed by atoms with E-state index in [9.17, 15) is 9.59 Å². The van der Waals surface area contributed by atoms with Crippen molar-refractivity contribution in [3.8, 4) is 22.3 Å². The lowest BCUT2D eigenvalue weighted by atomic mass is 10.0. The second-order valence-corrected chi connectivity index (χ2v) is 10.9. The summed E-state index contributed by atoms with van der Waals surface area (Å²) in [5.74, 6) is 0. The summed E-state index contributed by atoms with van der Waals surface area (Å²) in [5.41, 5.74) is 6.57. The number of aldehydes is 2. The monoisotopic (exact) mass is 654 g/mol. The van der Waals surface area contributed by atoms with Gasteiger partial charge in [-0.3, -0.25) is 14.2 Å². The average Bonchev–Trinajstić information content (AvgIpc) is 3.44. The minimum absolute atomic E-state index is 0. The summed E-state index contributed by atoms with van der Waals surface area (Å²) in [6, 6.07) is 22.3. The van der Waals surface area contributed by atoms with Gasteiger partial charge in [-0.25, -0.2) is 0 Å². The number of nitrogens with zero attached hydrogens (tertiary/aromatic N) is 4. The lowest BCUT2D eigenvalue weighted by molar-refractivity contribution is -0.107. The van der Waals surface area contributed by atoms with Gasteiger partial charge < -0.3 is 4.79 Å². The van der Waals surface area contributed by atoms with Gasteiger partial charge in [-0.1, -0.05) is 110 Å². The summed E-state index contributed by atoms with van der Waals surface area (Å²) >= 11 is 24.4. The number of benzene rings is 4. The zero-order valence-electron chi connectivity index (χ0n) is 21.9. The number of aromatic nitrogens is 4. The molecule has 0 bridgehead atoms. The van der Waals surface area contributed by atoms with Crippen molar-refractivity contribution in [2.45, 2.75) is 21.3 Å². The molecule has 0 N–H and O–H groups in total. The summed E-state index contributed by atoms with van der Waals surface area (Å²) < 4.78 is 3.32. The van der Waals surface area contributed by atoms with Crippen LogP contribution in [0.5, 0.6) is 0 Å². The van der Waals surface area contributed by atoms with Crippen LogP contribution in [-0.2, 0) is 25.3 Å². The fourth-order valence-corrected chi connectivity index (χ4v) is 5.84. The van der Waals surface area contributed by atoms with Gasteiger partial charge in [0.1, 0.15) is 23.0 Å². The van der Waals surface area contributed by atoms with E-state index < -0.39 is 0 Å². The minimum atomic E-state index is 0. The number of rotatable bonds is 5. The van der Waals surface area contributed by atoms with E-state index in [4.69, 9.17) is 46.4 Å². The van der Waals surface area contributed by atoms with Crippen LogP contribution in [0.4, 0.5) is 0 Å². The van der Waals surface area contributed by atoms with Gasteiger partial charge in [0.2, 0.25) is 0 Å². The van der Waals surface area contributed by atoms with Gasteiger partial charge in [0.25, 0.3) is 0 Å². The molecule has 2 aromatic heterocycles. The van der Waals surface area contributed by atoms with E-state index in [0.29, 0.717) is 32.2 Å². The average molecular weight is 656 g/mol. The molecule has 2 heterocycles. The molecular formula is C33H30Cl4N4O2. The Hall–Kier alpha value is -3.68. The maximum absolute atomic E-state index is 11.2. The van der Waals surface area contributed by atoms with Gasteiger partial charge in [0.15, 0.2) is 6.29 Å². The second-order valence-electron chi connectivity index (χ2n) is 9.22. The van der Waals surface area contributed by atoms with Gasteiger partial charge in [-0.05, 0) is 24.3 Å². The zero-order chi connectivity index (χ0) is 29.3. The van der Waals surface area contributed by atoms with E-state index in [0.717, 1.165) is 62.3 Å². The molecular weight excluding hydrogens is 626 g/mol. The summed E-state index contributed by atoms with van der Waals surface area (Å²) in [5, 5.41) is 13.1. The molecule has 0 aliphatic rings. The predicted octanol–water partition coefficient (Wildman–Crippen LogP) is 9.92. The molecule has 6 rings (SSSR count). The fraction of sp³-hybridized carbons (Fsp3) is 0.152. The first-order valence-electron chi connectivity index (χ1n) is 12.4. The van der Waals surface area contributed by atoms with E-state index in [2.05, 4.69) is 10.2 Å². The Balaban J connectivity index is 0.000000225. The molecule has 0 aliphatic carbocycles. The molecule has 0 saturated heterocycles. The van der Waals surface area contributed by atoms with Crippen molar-refractivity contribution in [2.75, 3.05) is 0 Å². The highest BCUT2D eigenvalue weighted by atomic mass is 35.5. The molecule has 222 valence electrons. The molecule has 6 aromatic rings. The molecule has 10 heteroatoms. The van der Waals surface area contributed by atoms with Crippen LogP contribution in [0.2, 0.25) is 20.1 Å². The fourth-order valence-electron chi connectivity index (χ4n) is 4.82. The summed E-state index contributed by atoms with van der Waals surface area (Å²) in [6.07, 6.45) is 2.03. The second kappa shape index (κ2) is 14.2. The first-order valence-corrected chi connectivity index (χ1v) is 13.9. The number of halogens is 4. The number of fused-ring (bicyclic) bond motifs is 2. The highest BCUT2D eigenvalue weighted by Crippen LogP contribution is 2.36. The van der Waals surface area contributed by atoms with Crippen LogP contribution < -0.4 is 0 Å². The maximum atomic E-state index is 11.2. The molecule has 4 aromatic carbocycles. The maximum Gasteiger partial charge on any atom is 0.168 e. The topological polar surface area (TPSA) is 69.8 Å². The van der Waals surface area contributed by atoms with E-state index in [1.165, 1.54) is 0 Å². The van der Waals surface area contributed by atoms with Crippen molar-refractivity contribution in [3.05, 3.63) is 104 Å². The van der Waals surface area contributed by atoms with Gasteiger partial charge in [-0.15, -0.1) is 0 Å². The van der Waals surface area contributed by atoms with Crippen molar-refractivity contribution in [3.63, 3.8) is 0 Å². The van der Waals surface area contributed by atoms with Crippen LogP contribution in [0.15, 0.2) is 72.8 Å². The summed E-state index contributed by atoms with van der Waals surface area (Å²) in [6.45, 7) is 0. The van der Waals surface area contributed by atoms with E-state index in [1.54, 1.807) is 40.7 Å². The lowest BCUT2D eigenvalue weighted by Crippen LogP contribution is -1.98. The molecule has 0 unspecified atom stereocenters. The molecule has 0 amide bonds. The first kappa shape index (κ1) is 33.8. The number of aryl methyl sites for hydroxylation is 2. The third-order valence-electron chi connectivity index (χ3n) is 6.73. The highest BCUT2D eigenvalue weighted by molar-refractivity contribution is 6.37. The Labute approximate surface area is 270 Å². The molecule has 0 saturated carbocycles. The molecule has 6 nitrogen and oxygen atoms in total. The van der Waals surface area contributed by atoms with Gasteiger partial charge in [0, 0.05) is 73.6 Å². The Morgan fingerprint density at radius 2 is 1.14 bits per heavy atom. The van der Waals surface area contributed by atoms with Crippen LogP contribution in [0.3, 0.4) is 0 Å². The number of carbonyl (C=O) groups excluding carboxylic acids is 2. The molecule has 43 heavy (non-hydrogen) atoms. The molecule has 0 atom stereocenters. The Morgan fingerprint density at radius 1 is 0.651 bits per heavy atom. The minimum Gasteiger partial charge on any atom is -0.303 e. The van der Waals surface area contributed by atoms with Gasteiger partial charge in [-0.2, -0.15) is 10.2 Å². The van der Waals surface area contributed by atoms with Crippen molar-refractivity contribution in [2.24, 2.45) is 14.1 Å². The number of hydrogen-bond acceptors (Lipinski definition) is 4. The van der Waals surface area contributed by atoms with Crippen molar-refractivity contribution in [1.82, 2.24) is 19.6 Å². The van der Waals surface area contributed by atoms with E-state index >= 15 is 0 Å². The first-order chi connectivity index (χ1) is 19.7. The number of carbonyl (C=O) groups is 2. The Morgan fingerprint density at radius 3 is 1.63 bits per heavy atom. The van der Waals surface area contributed by atoms with Crippen molar-refractivity contribution >= 4 is 80.8 Å². The Bertz CT molecular complexity index is 1950. The Kier molecular flexibility index (Phi) is 11.2. The van der Waals surface area contributed by atoms with Crippen LogP contribution in [0.25, 0.3) is 44.1 Å². The summed E-state index contributed by atoms with van der Waals surface area (Å²) in [7, 11) is 3.59. The molecule has 0 aliphatic heterocycles. The zero-order valence-corrected chi connectivity index (χ0v) is 24.9. The van der Waals surface area contributed by atoms with E-state index in [1.807, 2.05) is 55.6 Å². The lowest BCUT2D eigenvalue weighted by Gasteiger charge is -2.06. The van der Waals surface area contributed by atoms with Crippen LogP contribution in [-0.4, -0.2) is 32.1 Å². The van der Waals surface area contributed by atoms with Gasteiger partial charge >= 0.3 is 0 Å². The van der Waals surface area contributed by atoms with Crippen LogP contribution in [0, 0.1) is 0 Å². The third-order valence-corrected chi connectivity index (χ3v) is 7.82.